The van der Waals surface area contributed by atoms with Gasteiger partial charge in [-0.05, 0) is 6.42 Å². The summed E-state index contributed by atoms with van der Waals surface area (Å²) in [6, 6.07) is 0. The zero-order valence-electron chi connectivity index (χ0n) is 12.3. The molecule has 1 atom stereocenters. The van der Waals surface area contributed by atoms with E-state index in [0.29, 0.717) is 5.92 Å². The van der Waals surface area contributed by atoms with Crippen molar-refractivity contribution >= 4 is 17.7 Å². The maximum atomic E-state index is 10.8. The van der Waals surface area contributed by atoms with Crippen LogP contribution in [0.3, 0.4) is 0 Å². The number of thioether (sulfide) groups is 1. The van der Waals surface area contributed by atoms with E-state index in [1.165, 1.54) is 11.8 Å². The first kappa shape index (κ1) is 15.4. The number of aromatic nitrogens is 2. The summed E-state index contributed by atoms with van der Waals surface area (Å²) >= 11 is 1.29. The van der Waals surface area contributed by atoms with Crippen LogP contribution in [0.25, 0.3) is 0 Å². The summed E-state index contributed by atoms with van der Waals surface area (Å²) in [7, 11) is 0. The van der Waals surface area contributed by atoms with Crippen LogP contribution in [0.15, 0.2) is 11.4 Å². The highest BCUT2D eigenvalue weighted by atomic mass is 32.2. The summed E-state index contributed by atoms with van der Waals surface area (Å²) in [4.78, 5) is 15.2. The molecule has 20 heavy (non-hydrogen) atoms. The molecule has 0 amide bonds. The Balaban J connectivity index is 2.22. The molecule has 0 radical (unpaired) electrons. The van der Waals surface area contributed by atoms with Crippen molar-refractivity contribution in [1.82, 2.24) is 9.55 Å². The van der Waals surface area contributed by atoms with Gasteiger partial charge < -0.3 is 14.4 Å². The third kappa shape index (κ3) is 3.76. The highest BCUT2D eigenvalue weighted by Gasteiger charge is 2.25. The number of ether oxygens (including phenoxy) is 1. The number of imidazole rings is 1. The van der Waals surface area contributed by atoms with Crippen molar-refractivity contribution in [3.8, 4) is 0 Å². The van der Waals surface area contributed by atoms with Gasteiger partial charge in [0.1, 0.15) is 0 Å². The van der Waals surface area contributed by atoms with E-state index >= 15 is 0 Å². The Kier molecular flexibility index (Phi) is 4.75. The molecule has 5 nitrogen and oxygen atoms in total. The highest BCUT2D eigenvalue weighted by molar-refractivity contribution is 7.99. The summed E-state index contributed by atoms with van der Waals surface area (Å²) in [6.45, 7) is 8.91. The lowest BCUT2D eigenvalue weighted by Crippen LogP contribution is -2.21. The lowest BCUT2D eigenvalue weighted by atomic mass is 9.92. The SMILES string of the molecule is CC(C)(C)c1cnc(SCC(=O)O)n1CC1CCOC1. The van der Waals surface area contributed by atoms with Crippen LogP contribution in [0.2, 0.25) is 0 Å². The van der Waals surface area contributed by atoms with Gasteiger partial charge in [-0.15, -0.1) is 0 Å². The summed E-state index contributed by atoms with van der Waals surface area (Å²) in [5.41, 5.74) is 1.14. The van der Waals surface area contributed by atoms with E-state index in [-0.39, 0.29) is 11.2 Å². The van der Waals surface area contributed by atoms with E-state index < -0.39 is 5.97 Å². The fourth-order valence-electron chi connectivity index (χ4n) is 2.36. The Morgan fingerprint density at radius 1 is 1.60 bits per heavy atom. The molecule has 2 heterocycles. The Hall–Kier alpha value is -1.01. The molecule has 1 aliphatic rings. The average molecular weight is 298 g/mol. The molecular weight excluding hydrogens is 276 g/mol. The lowest BCUT2D eigenvalue weighted by molar-refractivity contribution is -0.133. The first-order valence-corrected chi connectivity index (χ1v) is 7.85. The van der Waals surface area contributed by atoms with E-state index in [2.05, 4.69) is 30.3 Å². The molecule has 1 fully saturated rings. The third-order valence-corrected chi connectivity index (χ3v) is 4.35. The number of hydrogen-bond acceptors (Lipinski definition) is 4. The quantitative estimate of drug-likeness (QED) is 0.846. The van der Waals surface area contributed by atoms with Gasteiger partial charge in [-0.25, -0.2) is 4.98 Å². The number of carboxylic acid groups (broad SMARTS) is 1. The fourth-order valence-corrected chi connectivity index (χ4v) is 3.07. The molecule has 1 aromatic heterocycles. The Morgan fingerprint density at radius 3 is 2.90 bits per heavy atom. The Morgan fingerprint density at radius 2 is 2.35 bits per heavy atom. The van der Waals surface area contributed by atoms with Crippen LogP contribution in [0.4, 0.5) is 0 Å². The van der Waals surface area contributed by atoms with Gasteiger partial charge in [-0.3, -0.25) is 4.79 Å². The van der Waals surface area contributed by atoms with Crippen molar-refractivity contribution in [1.29, 1.82) is 0 Å². The molecule has 0 spiro atoms. The summed E-state index contributed by atoms with van der Waals surface area (Å²) in [5, 5.41) is 9.63. The summed E-state index contributed by atoms with van der Waals surface area (Å²) < 4.78 is 7.61. The number of rotatable bonds is 5. The van der Waals surface area contributed by atoms with Crippen molar-refractivity contribution in [2.24, 2.45) is 5.92 Å². The summed E-state index contributed by atoms with van der Waals surface area (Å²) in [5.74, 6) is -0.276. The van der Waals surface area contributed by atoms with Crippen molar-refractivity contribution < 1.29 is 14.6 Å². The molecule has 1 aromatic rings. The van der Waals surface area contributed by atoms with Gasteiger partial charge >= 0.3 is 5.97 Å². The van der Waals surface area contributed by atoms with Crippen molar-refractivity contribution in [3.63, 3.8) is 0 Å². The molecule has 1 unspecified atom stereocenters. The molecule has 0 saturated carbocycles. The van der Waals surface area contributed by atoms with Gasteiger partial charge in [0.15, 0.2) is 5.16 Å². The van der Waals surface area contributed by atoms with E-state index in [9.17, 15) is 4.79 Å². The van der Waals surface area contributed by atoms with Crippen LogP contribution < -0.4 is 0 Å². The van der Waals surface area contributed by atoms with Crippen LogP contribution in [0.1, 0.15) is 32.9 Å². The predicted molar refractivity (Wildman–Crippen MR) is 78.2 cm³/mol. The number of carbonyl (C=O) groups is 1. The molecule has 0 bridgehead atoms. The number of carboxylic acids is 1. The van der Waals surface area contributed by atoms with Crippen molar-refractivity contribution in [2.75, 3.05) is 19.0 Å². The minimum atomic E-state index is -0.814. The Labute approximate surface area is 123 Å². The normalized spacial score (nSPS) is 19.4. The van der Waals surface area contributed by atoms with Gasteiger partial charge in [-0.2, -0.15) is 0 Å². The minimum absolute atomic E-state index is 0.00546. The number of nitrogens with zero attached hydrogens (tertiary/aromatic N) is 2. The van der Waals surface area contributed by atoms with E-state index in [1.54, 1.807) is 0 Å². The first-order chi connectivity index (χ1) is 9.38. The topological polar surface area (TPSA) is 64.3 Å². The van der Waals surface area contributed by atoms with Gasteiger partial charge in [-0.1, -0.05) is 32.5 Å². The molecule has 1 aliphatic heterocycles. The molecule has 2 rings (SSSR count). The standard InChI is InChI=1S/C14H22N2O3S/c1-14(2,3)11-6-15-13(20-9-12(17)18)16(11)7-10-4-5-19-8-10/h6,10H,4-5,7-9H2,1-3H3,(H,17,18). The van der Waals surface area contributed by atoms with Gasteiger partial charge in [0.05, 0.1) is 12.4 Å². The first-order valence-electron chi connectivity index (χ1n) is 6.86. The van der Waals surface area contributed by atoms with E-state index in [0.717, 1.165) is 37.0 Å². The van der Waals surface area contributed by atoms with Gasteiger partial charge in [0.2, 0.25) is 0 Å². The monoisotopic (exact) mass is 298 g/mol. The molecule has 6 heteroatoms. The minimum Gasteiger partial charge on any atom is -0.481 e. The molecule has 1 saturated heterocycles. The maximum absolute atomic E-state index is 10.8. The van der Waals surface area contributed by atoms with Crippen molar-refractivity contribution in [3.05, 3.63) is 11.9 Å². The third-order valence-electron chi connectivity index (χ3n) is 3.38. The molecule has 0 aliphatic carbocycles. The number of aliphatic carboxylic acids is 1. The fraction of sp³-hybridized carbons (Fsp3) is 0.714. The van der Waals surface area contributed by atoms with E-state index in [1.807, 2.05) is 6.20 Å². The Bertz CT molecular complexity index is 473. The van der Waals surface area contributed by atoms with Crippen molar-refractivity contribution in [2.45, 2.75) is 44.3 Å². The van der Waals surface area contributed by atoms with Crippen LogP contribution in [0.5, 0.6) is 0 Å². The van der Waals surface area contributed by atoms with Crippen LogP contribution in [-0.2, 0) is 21.5 Å². The molecular formula is C14H22N2O3S. The van der Waals surface area contributed by atoms with E-state index in [4.69, 9.17) is 9.84 Å². The van der Waals surface area contributed by atoms with Crippen LogP contribution in [-0.4, -0.2) is 39.6 Å². The second-order valence-corrected chi connectivity index (χ2v) is 7.14. The second kappa shape index (κ2) is 6.18. The molecule has 112 valence electrons. The molecule has 0 aromatic carbocycles. The maximum Gasteiger partial charge on any atom is 0.313 e. The predicted octanol–water partition coefficient (Wildman–Crippen LogP) is 2.39. The highest BCUT2D eigenvalue weighted by Crippen LogP contribution is 2.29. The van der Waals surface area contributed by atoms with Gasteiger partial charge in [0.25, 0.3) is 0 Å². The second-order valence-electron chi connectivity index (χ2n) is 6.20. The average Bonchev–Trinajstić information content (AvgIpc) is 2.95. The van der Waals surface area contributed by atoms with Crippen LogP contribution in [0, 0.1) is 5.92 Å². The smallest absolute Gasteiger partial charge is 0.313 e. The zero-order chi connectivity index (χ0) is 14.8. The zero-order valence-corrected chi connectivity index (χ0v) is 13.1. The van der Waals surface area contributed by atoms with Crippen LogP contribution >= 0.6 is 11.8 Å². The number of hydrogen-bond donors (Lipinski definition) is 1. The largest absolute Gasteiger partial charge is 0.481 e. The summed E-state index contributed by atoms with van der Waals surface area (Å²) in [6.07, 6.45) is 2.94. The van der Waals surface area contributed by atoms with Gasteiger partial charge in [0, 0.05) is 36.4 Å². The molecule has 1 N–H and O–H groups in total. The lowest BCUT2D eigenvalue weighted by Gasteiger charge is -2.23.